The number of fused-ring (bicyclic) bond motifs is 3. The smallest absolute Gasteiger partial charge is 0.294 e. The van der Waals surface area contributed by atoms with Crippen molar-refractivity contribution in [1.29, 1.82) is 0 Å². The first-order valence-electron chi connectivity index (χ1n) is 14.1. The zero-order valence-corrected chi connectivity index (χ0v) is 25.0. The average molecular weight is 587 g/mol. The minimum absolute atomic E-state index is 0.00693. The summed E-state index contributed by atoms with van der Waals surface area (Å²) in [5.74, 6) is 0.329. The highest BCUT2D eigenvalue weighted by Crippen LogP contribution is 2.52. The lowest BCUT2D eigenvalue weighted by atomic mass is 9.75. The topological polar surface area (TPSA) is 70.1 Å². The maximum absolute atomic E-state index is 13.1. The molecule has 6 rings (SSSR count). The molecule has 4 aliphatic rings. The maximum atomic E-state index is 13.1. The van der Waals surface area contributed by atoms with Crippen molar-refractivity contribution < 1.29 is 19.4 Å². The number of carbonyl (C=O) groups excluding carboxylic acids is 2. The second-order valence-corrected chi connectivity index (χ2v) is 13.7. The lowest BCUT2D eigenvalue weighted by Crippen LogP contribution is -2.30. The van der Waals surface area contributed by atoms with E-state index in [9.17, 15) is 14.7 Å². The van der Waals surface area contributed by atoms with Crippen LogP contribution in [0.3, 0.4) is 0 Å². The zero-order chi connectivity index (χ0) is 28.7. The number of nitrogens with zero attached hydrogens (tertiary/aromatic N) is 2. The van der Waals surface area contributed by atoms with Gasteiger partial charge in [-0.05, 0) is 83.2 Å². The van der Waals surface area contributed by atoms with Crippen molar-refractivity contribution in [2.24, 2.45) is 5.41 Å². The SMILES string of the molecule is CC1(C)CC(/C=C/c2ccc3c(c2)C2CCCC2N3c2ccc(CO)cc2)=CC(=C2/SC(=S)N(COC=O)C2=O)/C1. The summed E-state index contributed by atoms with van der Waals surface area (Å²) in [5, 5.41) is 9.47. The zero-order valence-electron chi connectivity index (χ0n) is 23.3. The Morgan fingerprint density at radius 3 is 2.68 bits per heavy atom. The monoisotopic (exact) mass is 586 g/mol. The minimum atomic E-state index is -0.200. The highest BCUT2D eigenvalue weighted by molar-refractivity contribution is 8.26. The molecule has 2 aromatic carbocycles. The largest absolute Gasteiger partial charge is 0.446 e. The second-order valence-electron chi connectivity index (χ2n) is 12.0. The molecule has 41 heavy (non-hydrogen) atoms. The third-order valence-electron chi connectivity index (χ3n) is 8.53. The van der Waals surface area contributed by atoms with Crippen molar-refractivity contribution in [3.63, 3.8) is 0 Å². The molecule has 212 valence electrons. The Labute approximate surface area is 250 Å². The number of thioether (sulfide) groups is 1. The molecule has 2 aromatic rings. The molecule has 0 bridgehead atoms. The number of hydrogen-bond acceptors (Lipinski definition) is 7. The lowest BCUT2D eigenvalue weighted by Gasteiger charge is -2.31. The number of hydrogen-bond donors (Lipinski definition) is 1. The summed E-state index contributed by atoms with van der Waals surface area (Å²) in [7, 11) is 0. The predicted molar refractivity (Wildman–Crippen MR) is 168 cm³/mol. The fraction of sp³-hybridized carbons (Fsp3) is 0.364. The number of anilines is 2. The Kier molecular flexibility index (Phi) is 7.66. The molecule has 2 atom stereocenters. The first-order valence-corrected chi connectivity index (χ1v) is 15.3. The van der Waals surface area contributed by atoms with E-state index in [-0.39, 0.29) is 24.7 Å². The van der Waals surface area contributed by atoms with Gasteiger partial charge in [-0.25, -0.2) is 0 Å². The van der Waals surface area contributed by atoms with Crippen LogP contribution in [-0.2, 0) is 20.9 Å². The van der Waals surface area contributed by atoms with Crippen LogP contribution in [0, 0.1) is 5.41 Å². The lowest BCUT2D eigenvalue weighted by molar-refractivity contribution is -0.135. The Bertz CT molecular complexity index is 1490. The summed E-state index contributed by atoms with van der Waals surface area (Å²) in [6, 6.07) is 15.6. The van der Waals surface area contributed by atoms with Gasteiger partial charge in [0.15, 0.2) is 11.1 Å². The highest BCUT2D eigenvalue weighted by Gasteiger charge is 2.42. The number of ether oxygens (including phenoxy) is 1. The van der Waals surface area contributed by atoms with Crippen molar-refractivity contribution in [2.75, 3.05) is 11.6 Å². The van der Waals surface area contributed by atoms with Gasteiger partial charge in [-0.2, -0.15) is 0 Å². The van der Waals surface area contributed by atoms with Crippen LogP contribution in [0.5, 0.6) is 0 Å². The van der Waals surface area contributed by atoms with Gasteiger partial charge in [0, 0.05) is 23.3 Å². The van der Waals surface area contributed by atoms with Gasteiger partial charge < -0.3 is 14.7 Å². The molecule has 1 saturated carbocycles. The first kappa shape index (κ1) is 27.9. The van der Waals surface area contributed by atoms with E-state index in [1.54, 1.807) is 0 Å². The van der Waals surface area contributed by atoms with E-state index in [0.717, 1.165) is 24.0 Å². The van der Waals surface area contributed by atoms with E-state index in [0.29, 0.717) is 27.7 Å². The Balaban J connectivity index is 1.28. The molecular formula is C33H34N2O4S2. The number of benzene rings is 2. The van der Waals surface area contributed by atoms with Crippen molar-refractivity contribution in [3.05, 3.63) is 87.4 Å². The summed E-state index contributed by atoms with van der Waals surface area (Å²) < 4.78 is 5.22. The number of amides is 1. The fourth-order valence-electron chi connectivity index (χ4n) is 6.80. The third kappa shape index (κ3) is 5.41. The van der Waals surface area contributed by atoms with Gasteiger partial charge in [0.25, 0.3) is 12.4 Å². The standard InChI is InChI=1S/C33H34N2O4S2/c1-33(2)16-23(14-24(17-33)30-31(38)34(19-39-20-37)32(40)41-30)7-6-21-10-13-29-27(15-21)26-4-3-5-28(26)35(29)25-11-8-22(18-36)9-12-25/h6-15,20,26,28,36H,3-5,16-19H2,1-2H3/b7-6+,30-24-. The van der Waals surface area contributed by atoms with Gasteiger partial charge in [0.05, 0.1) is 11.5 Å². The number of allylic oxidation sites excluding steroid dienone is 4. The van der Waals surface area contributed by atoms with Crippen LogP contribution in [0.25, 0.3) is 6.08 Å². The van der Waals surface area contributed by atoms with Crippen LogP contribution in [0.4, 0.5) is 11.4 Å². The number of thiocarbonyl (C=S) groups is 1. The maximum Gasteiger partial charge on any atom is 0.294 e. The van der Waals surface area contributed by atoms with Crippen LogP contribution < -0.4 is 4.90 Å². The predicted octanol–water partition coefficient (Wildman–Crippen LogP) is 6.97. The first-order chi connectivity index (χ1) is 19.8. The number of aliphatic hydroxyl groups is 1. The van der Waals surface area contributed by atoms with Gasteiger partial charge in [0.2, 0.25) is 0 Å². The Morgan fingerprint density at radius 1 is 1.12 bits per heavy atom. The van der Waals surface area contributed by atoms with E-state index in [2.05, 4.69) is 67.3 Å². The van der Waals surface area contributed by atoms with Crippen LogP contribution in [0.2, 0.25) is 0 Å². The fourth-order valence-corrected chi connectivity index (χ4v) is 8.07. The van der Waals surface area contributed by atoms with Crippen molar-refractivity contribution in [1.82, 2.24) is 4.90 Å². The summed E-state index contributed by atoms with van der Waals surface area (Å²) in [5.41, 5.74) is 8.15. The molecule has 2 unspecified atom stereocenters. The molecule has 1 N–H and O–H groups in total. The normalized spacial score (nSPS) is 25.1. The molecule has 8 heteroatoms. The summed E-state index contributed by atoms with van der Waals surface area (Å²) in [6.45, 7) is 4.68. The van der Waals surface area contributed by atoms with Gasteiger partial charge in [0.1, 0.15) is 0 Å². The molecular weight excluding hydrogens is 553 g/mol. The average Bonchev–Trinajstić information content (AvgIpc) is 3.63. The van der Waals surface area contributed by atoms with Crippen molar-refractivity contribution in [2.45, 2.75) is 64.5 Å². The third-order valence-corrected chi connectivity index (χ3v) is 10.0. The molecule has 2 aliphatic carbocycles. The van der Waals surface area contributed by atoms with Crippen LogP contribution in [0.1, 0.15) is 68.6 Å². The second kappa shape index (κ2) is 11.2. The number of aliphatic hydroxyl groups excluding tert-OH is 1. The molecule has 1 amide bonds. The van der Waals surface area contributed by atoms with E-state index in [1.807, 2.05) is 12.1 Å². The van der Waals surface area contributed by atoms with Crippen LogP contribution in [0.15, 0.2) is 70.7 Å². The van der Waals surface area contributed by atoms with Gasteiger partial charge in [-0.3, -0.25) is 14.5 Å². The molecule has 2 aliphatic heterocycles. The van der Waals surface area contributed by atoms with E-state index >= 15 is 0 Å². The van der Waals surface area contributed by atoms with Crippen LogP contribution in [-0.4, -0.2) is 39.5 Å². The Morgan fingerprint density at radius 2 is 1.93 bits per heavy atom. The summed E-state index contributed by atoms with van der Waals surface area (Å²) in [6.07, 6.45) is 11.8. The van der Waals surface area contributed by atoms with Gasteiger partial charge in [-0.1, -0.05) is 80.7 Å². The molecule has 6 nitrogen and oxygen atoms in total. The van der Waals surface area contributed by atoms with Gasteiger partial charge >= 0.3 is 0 Å². The van der Waals surface area contributed by atoms with Crippen molar-refractivity contribution in [3.8, 4) is 0 Å². The minimum Gasteiger partial charge on any atom is -0.446 e. The van der Waals surface area contributed by atoms with E-state index in [1.165, 1.54) is 64.0 Å². The quantitative estimate of drug-likeness (QED) is 0.213. The van der Waals surface area contributed by atoms with Crippen molar-refractivity contribution >= 4 is 58.1 Å². The molecule has 0 spiro atoms. The number of carbonyl (C=O) groups is 2. The summed E-state index contributed by atoms with van der Waals surface area (Å²) >= 11 is 6.68. The summed E-state index contributed by atoms with van der Waals surface area (Å²) in [4.78, 5) is 28.2. The van der Waals surface area contributed by atoms with Gasteiger partial charge in [-0.15, -0.1) is 0 Å². The number of rotatable bonds is 7. The molecule has 0 aromatic heterocycles. The van der Waals surface area contributed by atoms with Crippen LogP contribution >= 0.6 is 24.0 Å². The Hall–Kier alpha value is -3.20. The van der Waals surface area contributed by atoms with E-state index in [4.69, 9.17) is 17.0 Å². The molecule has 1 saturated heterocycles. The van der Waals surface area contributed by atoms with E-state index < -0.39 is 0 Å². The highest BCUT2D eigenvalue weighted by atomic mass is 32.2. The molecule has 2 fully saturated rings. The molecule has 0 radical (unpaired) electrons. The molecule has 2 heterocycles.